The van der Waals surface area contributed by atoms with Crippen LogP contribution in [0, 0.1) is 0 Å². The minimum Gasteiger partial charge on any atom is -0.285 e. The first-order chi connectivity index (χ1) is 9.59. The largest absolute Gasteiger partial charge is 0.285 e. The van der Waals surface area contributed by atoms with E-state index in [0.717, 1.165) is 31.4 Å². The highest BCUT2D eigenvalue weighted by Gasteiger charge is 2.18. The summed E-state index contributed by atoms with van der Waals surface area (Å²) in [6.45, 7) is 0. The minimum atomic E-state index is -0.489. The predicted octanol–water partition coefficient (Wildman–Crippen LogP) is 4.27. The molecule has 0 N–H and O–H groups in total. The van der Waals surface area contributed by atoms with Gasteiger partial charge in [0.1, 0.15) is 0 Å². The molecule has 4 aromatic carbocycles. The summed E-state index contributed by atoms with van der Waals surface area (Å²) in [6.07, 6.45) is 0. The third kappa shape index (κ3) is 1.38. The van der Waals surface area contributed by atoms with Crippen LogP contribution in [0.25, 0.3) is 32.3 Å². The molecule has 96 valence electrons. The third-order valence-corrected chi connectivity index (χ3v) is 5.10. The maximum atomic E-state index is 12.2. The van der Waals surface area contributed by atoms with Crippen LogP contribution in [0.1, 0.15) is 0 Å². The average Bonchev–Trinajstić information content (AvgIpc) is 2.44. The van der Waals surface area contributed by atoms with Crippen molar-refractivity contribution in [3.63, 3.8) is 0 Å². The third-order valence-electron chi connectivity index (χ3n) is 3.72. The second kappa shape index (κ2) is 3.99. The van der Waals surface area contributed by atoms with Gasteiger partial charge in [0.05, 0.1) is 4.47 Å². The van der Waals surface area contributed by atoms with Crippen molar-refractivity contribution in [3.05, 3.63) is 65.8 Å². The second-order valence-corrected chi connectivity index (χ2v) is 6.42. The minimum absolute atomic E-state index is 0.333. The Kier molecular flexibility index (Phi) is 2.44. The molecule has 20 heavy (non-hydrogen) atoms. The van der Waals surface area contributed by atoms with Gasteiger partial charge in [-0.3, -0.25) is 9.59 Å². The van der Waals surface area contributed by atoms with Gasteiger partial charge in [0.15, 0.2) is 0 Å². The lowest BCUT2D eigenvalue weighted by atomic mass is 9.94. The number of benzene rings is 4. The van der Waals surface area contributed by atoms with Crippen molar-refractivity contribution >= 4 is 64.2 Å². The van der Waals surface area contributed by atoms with E-state index in [4.69, 9.17) is 0 Å². The van der Waals surface area contributed by atoms with Gasteiger partial charge in [0, 0.05) is 20.6 Å². The summed E-state index contributed by atoms with van der Waals surface area (Å²) in [6, 6.07) is 11.6. The van der Waals surface area contributed by atoms with E-state index in [9.17, 15) is 9.59 Å². The molecule has 2 nitrogen and oxygen atoms in total. The van der Waals surface area contributed by atoms with E-state index >= 15 is 0 Å². The fourth-order valence-electron chi connectivity index (χ4n) is 2.85. The molecule has 4 aromatic rings. The normalized spacial score (nSPS) is 11.9. The highest BCUT2D eigenvalue weighted by Crippen LogP contribution is 2.39. The quantitative estimate of drug-likeness (QED) is 0.332. The Morgan fingerprint density at radius 3 is 2.30 bits per heavy atom. The van der Waals surface area contributed by atoms with E-state index in [2.05, 4.69) is 31.9 Å². The topological polar surface area (TPSA) is 34.1 Å². The maximum absolute atomic E-state index is 12.2. The zero-order valence-electron chi connectivity index (χ0n) is 10.0. The number of hydrogen-bond acceptors (Lipinski definition) is 2. The molecule has 0 heterocycles. The molecule has 0 spiro atoms. The van der Waals surface area contributed by atoms with E-state index in [1.165, 1.54) is 0 Å². The standard InChI is InChI=1S/C16H6Br2O2/c17-10-6-8-3-1-2-7-4-5-9-12(11(7)8)13(10)14(18)16(20)15(9)19/h1-6H. The van der Waals surface area contributed by atoms with Gasteiger partial charge in [0.2, 0.25) is 10.9 Å². The van der Waals surface area contributed by atoms with Crippen LogP contribution in [0.3, 0.4) is 0 Å². The SMILES string of the molecule is O=c1c(Br)c2c(Br)cc3cccc4ccc(c1=O)c2c43. The molecular formula is C16H6Br2O2. The molecule has 0 aromatic heterocycles. The molecule has 0 saturated carbocycles. The van der Waals surface area contributed by atoms with Gasteiger partial charge in [-0.25, -0.2) is 0 Å². The van der Waals surface area contributed by atoms with Gasteiger partial charge in [0.25, 0.3) is 0 Å². The van der Waals surface area contributed by atoms with Crippen LogP contribution in [0.4, 0.5) is 0 Å². The average molecular weight is 390 g/mol. The zero-order valence-corrected chi connectivity index (χ0v) is 13.2. The van der Waals surface area contributed by atoms with Gasteiger partial charge in [-0.2, -0.15) is 0 Å². The Labute approximate surface area is 130 Å². The second-order valence-electron chi connectivity index (χ2n) is 4.77. The molecule has 0 saturated heterocycles. The zero-order chi connectivity index (χ0) is 14.0. The predicted molar refractivity (Wildman–Crippen MR) is 89.3 cm³/mol. The van der Waals surface area contributed by atoms with Gasteiger partial charge in [-0.1, -0.05) is 40.2 Å². The van der Waals surface area contributed by atoms with Crippen LogP contribution in [0.15, 0.2) is 54.9 Å². The van der Waals surface area contributed by atoms with E-state index in [-0.39, 0.29) is 0 Å². The lowest BCUT2D eigenvalue weighted by Gasteiger charge is -2.12. The van der Waals surface area contributed by atoms with Gasteiger partial charge in [-0.15, -0.1) is 0 Å². The van der Waals surface area contributed by atoms with Gasteiger partial charge in [-0.05, 0) is 44.2 Å². The first kappa shape index (κ1) is 12.2. The van der Waals surface area contributed by atoms with Crippen LogP contribution >= 0.6 is 31.9 Å². The van der Waals surface area contributed by atoms with Crippen molar-refractivity contribution in [3.8, 4) is 0 Å². The smallest absolute Gasteiger partial charge is 0.241 e. The summed E-state index contributed by atoms with van der Waals surface area (Å²) < 4.78 is 1.15. The van der Waals surface area contributed by atoms with Crippen molar-refractivity contribution < 1.29 is 0 Å². The van der Waals surface area contributed by atoms with Crippen molar-refractivity contribution in [1.29, 1.82) is 0 Å². The molecule has 0 aliphatic rings. The van der Waals surface area contributed by atoms with Gasteiger partial charge >= 0.3 is 0 Å². The van der Waals surface area contributed by atoms with Crippen molar-refractivity contribution in [2.45, 2.75) is 0 Å². The highest BCUT2D eigenvalue weighted by atomic mass is 79.9. The highest BCUT2D eigenvalue weighted by molar-refractivity contribution is 9.11. The van der Waals surface area contributed by atoms with Crippen molar-refractivity contribution in [2.75, 3.05) is 0 Å². The van der Waals surface area contributed by atoms with Crippen LogP contribution in [0.5, 0.6) is 0 Å². The lowest BCUT2D eigenvalue weighted by molar-refractivity contribution is 1.52. The molecule has 0 aliphatic heterocycles. The van der Waals surface area contributed by atoms with Crippen molar-refractivity contribution in [2.24, 2.45) is 0 Å². The molecule has 0 bridgehead atoms. The Hall–Kier alpha value is -1.52. The fraction of sp³-hybridized carbons (Fsp3) is 0. The first-order valence-electron chi connectivity index (χ1n) is 6.02. The molecule has 0 amide bonds. The van der Waals surface area contributed by atoms with E-state index in [0.29, 0.717) is 9.86 Å². The lowest BCUT2D eigenvalue weighted by Crippen LogP contribution is -2.24. The summed E-state index contributed by atoms with van der Waals surface area (Å²) in [5, 5.41) is 5.26. The van der Waals surface area contributed by atoms with Crippen LogP contribution < -0.4 is 10.9 Å². The van der Waals surface area contributed by atoms with E-state index in [1.807, 2.05) is 30.3 Å². The first-order valence-corrected chi connectivity index (χ1v) is 7.60. The molecular weight excluding hydrogens is 384 g/mol. The molecule has 0 radical (unpaired) electrons. The Morgan fingerprint density at radius 1 is 0.750 bits per heavy atom. The molecule has 0 unspecified atom stereocenters. The Morgan fingerprint density at radius 2 is 1.50 bits per heavy atom. The van der Waals surface area contributed by atoms with Gasteiger partial charge < -0.3 is 0 Å². The Bertz CT molecular complexity index is 1100. The molecule has 0 fully saturated rings. The maximum Gasteiger partial charge on any atom is 0.241 e. The summed E-state index contributed by atoms with van der Waals surface area (Å²) in [7, 11) is 0. The number of rotatable bonds is 0. The summed E-state index contributed by atoms with van der Waals surface area (Å²) in [4.78, 5) is 24.3. The van der Waals surface area contributed by atoms with E-state index < -0.39 is 10.9 Å². The Balaban J connectivity index is 2.58. The number of hydrogen-bond donors (Lipinski definition) is 0. The monoisotopic (exact) mass is 388 g/mol. The number of halogens is 2. The molecule has 0 atom stereocenters. The summed E-state index contributed by atoms with van der Waals surface area (Å²) in [5.74, 6) is 0. The fourth-order valence-corrected chi connectivity index (χ4v) is 4.36. The molecule has 4 rings (SSSR count). The molecule has 0 aliphatic carbocycles. The van der Waals surface area contributed by atoms with E-state index in [1.54, 1.807) is 6.07 Å². The van der Waals surface area contributed by atoms with Crippen LogP contribution in [-0.2, 0) is 0 Å². The van der Waals surface area contributed by atoms with Crippen LogP contribution in [-0.4, -0.2) is 0 Å². The van der Waals surface area contributed by atoms with Crippen molar-refractivity contribution in [1.82, 2.24) is 0 Å². The molecule has 4 heteroatoms. The summed E-state index contributed by atoms with van der Waals surface area (Å²) >= 11 is 6.80. The van der Waals surface area contributed by atoms with Crippen LogP contribution in [0.2, 0.25) is 0 Å². The summed E-state index contributed by atoms with van der Waals surface area (Å²) in [5.41, 5.74) is -0.939.